The van der Waals surface area contributed by atoms with Crippen LogP contribution in [0.2, 0.25) is 0 Å². The van der Waals surface area contributed by atoms with Gasteiger partial charge in [0.1, 0.15) is 0 Å². The Balaban J connectivity index is 3.16. The molecule has 4 nitrogen and oxygen atoms in total. The Bertz CT molecular complexity index is 367. The predicted octanol–water partition coefficient (Wildman–Crippen LogP) is 2.69. The molecular formula is C13H25BrN4. The van der Waals surface area contributed by atoms with Gasteiger partial charge in [-0.25, -0.2) is 0 Å². The van der Waals surface area contributed by atoms with Crippen LogP contribution < -0.4 is 5.73 Å². The van der Waals surface area contributed by atoms with Crippen LogP contribution in [0.3, 0.4) is 0 Å². The number of nitrogens with two attached hydrogens (primary N) is 1. The van der Waals surface area contributed by atoms with Crippen molar-refractivity contribution in [1.82, 2.24) is 14.7 Å². The van der Waals surface area contributed by atoms with E-state index in [-0.39, 0.29) is 11.6 Å². The molecule has 1 aromatic rings. The Morgan fingerprint density at radius 2 is 2.00 bits per heavy atom. The van der Waals surface area contributed by atoms with Crippen LogP contribution in [0.15, 0.2) is 10.7 Å². The van der Waals surface area contributed by atoms with Gasteiger partial charge in [-0.15, -0.1) is 0 Å². The maximum absolute atomic E-state index is 6.55. The first-order valence-electron chi connectivity index (χ1n) is 6.60. The molecule has 104 valence electrons. The van der Waals surface area contributed by atoms with Crippen molar-refractivity contribution in [2.75, 3.05) is 13.1 Å². The molecule has 5 heteroatoms. The molecule has 0 spiro atoms. The van der Waals surface area contributed by atoms with E-state index in [4.69, 9.17) is 5.73 Å². The summed E-state index contributed by atoms with van der Waals surface area (Å²) < 4.78 is 2.86. The molecule has 0 bridgehead atoms. The first-order chi connectivity index (χ1) is 8.42. The summed E-state index contributed by atoms with van der Waals surface area (Å²) in [5.41, 5.74) is 7.56. The Labute approximate surface area is 119 Å². The Hall–Kier alpha value is -0.390. The van der Waals surface area contributed by atoms with Gasteiger partial charge in [-0.1, -0.05) is 20.8 Å². The van der Waals surface area contributed by atoms with Crippen molar-refractivity contribution in [2.45, 2.75) is 45.7 Å². The molecule has 0 aliphatic rings. The van der Waals surface area contributed by atoms with Crippen molar-refractivity contribution >= 4 is 15.9 Å². The number of aromatic nitrogens is 2. The minimum Gasteiger partial charge on any atom is -0.321 e. The van der Waals surface area contributed by atoms with E-state index in [1.165, 1.54) is 0 Å². The number of likely N-dealkylation sites (N-methyl/N-ethyl adjacent to an activating group) is 1. The summed E-state index contributed by atoms with van der Waals surface area (Å²) in [5, 5.41) is 4.27. The number of hydrogen-bond acceptors (Lipinski definition) is 3. The lowest BCUT2D eigenvalue weighted by atomic mass is 9.85. The van der Waals surface area contributed by atoms with Crippen molar-refractivity contribution in [3.8, 4) is 0 Å². The van der Waals surface area contributed by atoms with Crippen molar-refractivity contribution < 1.29 is 0 Å². The van der Waals surface area contributed by atoms with Gasteiger partial charge in [0.05, 0.1) is 22.4 Å². The van der Waals surface area contributed by atoms with E-state index in [2.05, 4.69) is 53.6 Å². The average molecular weight is 317 g/mol. The zero-order valence-corrected chi connectivity index (χ0v) is 13.7. The van der Waals surface area contributed by atoms with E-state index < -0.39 is 0 Å². The normalized spacial score (nSPS) is 16.9. The van der Waals surface area contributed by atoms with Crippen molar-refractivity contribution in [1.29, 1.82) is 0 Å². The van der Waals surface area contributed by atoms with Crippen molar-refractivity contribution in [3.05, 3.63) is 16.4 Å². The molecule has 1 rings (SSSR count). The molecule has 0 saturated carbocycles. The van der Waals surface area contributed by atoms with Crippen LogP contribution in [0, 0.1) is 0 Å². The summed E-state index contributed by atoms with van der Waals surface area (Å²) in [6.45, 7) is 10.8. The van der Waals surface area contributed by atoms with Gasteiger partial charge >= 0.3 is 0 Å². The lowest BCUT2D eigenvalue weighted by Crippen LogP contribution is -2.53. The van der Waals surface area contributed by atoms with Gasteiger partial charge in [-0.05, 0) is 42.4 Å². The standard InChI is InChI=1S/C13H25BrN4/c1-6-13(4,18(7-2)8-3)12(15)11-10(14)9-16-17(11)5/h9,12H,6-8,15H2,1-5H3. The van der Waals surface area contributed by atoms with E-state index in [0.717, 1.165) is 29.7 Å². The SMILES string of the molecule is CCN(CC)C(C)(CC)C(N)c1c(Br)cnn1C. The molecule has 0 aliphatic heterocycles. The Kier molecular flexibility index (Phi) is 5.37. The van der Waals surface area contributed by atoms with E-state index >= 15 is 0 Å². The molecular weight excluding hydrogens is 292 g/mol. The fraction of sp³-hybridized carbons (Fsp3) is 0.769. The maximum Gasteiger partial charge on any atom is 0.0709 e. The number of aryl methyl sites for hydroxylation is 1. The van der Waals surface area contributed by atoms with Gasteiger partial charge in [-0.3, -0.25) is 9.58 Å². The van der Waals surface area contributed by atoms with Crippen LogP contribution in [0.1, 0.15) is 45.9 Å². The van der Waals surface area contributed by atoms with Crippen molar-refractivity contribution in [2.24, 2.45) is 12.8 Å². The second-order valence-electron chi connectivity index (χ2n) is 4.86. The molecule has 0 fully saturated rings. The average Bonchev–Trinajstić information content (AvgIpc) is 2.69. The van der Waals surface area contributed by atoms with Crippen LogP contribution in [-0.4, -0.2) is 33.3 Å². The highest BCUT2D eigenvalue weighted by molar-refractivity contribution is 9.10. The quantitative estimate of drug-likeness (QED) is 0.877. The molecule has 0 aromatic carbocycles. The van der Waals surface area contributed by atoms with Gasteiger partial charge in [0.2, 0.25) is 0 Å². The highest BCUT2D eigenvalue weighted by atomic mass is 79.9. The van der Waals surface area contributed by atoms with E-state index in [1.807, 2.05) is 17.9 Å². The molecule has 0 radical (unpaired) electrons. The Morgan fingerprint density at radius 1 is 1.44 bits per heavy atom. The molecule has 2 N–H and O–H groups in total. The summed E-state index contributed by atoms with van der Waals surface area (Å²) in [6, 6.07) is -0.0655. The third-order valence-electron chi connectivity index (χ3n) is 4.10. The monoisotopic (exact) mass is 316 g/mol. The van der Waals surface area contributed by atoms with Crippen LogP contribution in [-0.2, 0) is 7.05 Å². The lowest BCUT2D eigenvalue weighted by Gasteiger charge is -2.44. The fourth-order valence-corrected chi connectivity index (χ4v) is 3.25. The highest BCUT2D eigenvalue weighted by Gasteiger charge is 2.37. The molecule has 1 heterocycles. The van der Waals surface area contributed by atoms with E-state index in [1.54, 1.807) is 0 Å². The molecule has 0 saturated heterocycles. The second-order valence-corrected chi connectivity index (χ2v) is 5.72. The zero-order valence-electron chi connectivity index (χ0n) is 12.1. The lowest BCUT2D eigenvalue weighted by molar-refractivity contribution is 0.0814. The van der Waals surface area contributed by atoms with E-state index in [9.17, 15) is 0 Å². The van der Waals surface area contributed by atoms with E-state index in [0.29, 0.717) is 0 Å². The number of nitrogens with zero attached hydrogens (tertiary/aromatic N) is 3. The minimum atomic E-state index is -0.0655. The highest BCUT2D eigenvalue weighted by Crippen LogP contribution is 2.35. The molecule has 1 aromatic heterocycles. The molecule has 0 amide bonds. The molecule has 2 unspecified atom stereocenters. The van der Waals surface area contributed by atoms with Crippen LogP contribution in [0.4, 0.5) is 0 Å². The molecule has 2 atom stereocenters. The second kappa shape index (κ2) is 6.17. The van der Waals surface area contributed by atoms with Crippen molar-refractivity contribution in [3.63, 3.8) is 0 Å². The zero-order chi connectivity index (χ0) is 13.9. The predicted molar refractivity (Wildman–Crippen MR) is 79.5 cm³/mol. The summed E-state index contributed by atoms with van der Waals surface area (Å²) in [4.78, 5) is 2.43. The van der Waals surface area contributed by atoms with Gasteiger partial charge in [0, 0.05) is 12.6 Å². The largest absolute Gasteiger partial charge is 0.321 e. The van der Waals surface area contributed by atoms with Gasteiger partial charge in [0.15, 0.2) is 0 Å². The summed E-state index contributed by atoms with van der Waals surface area (Å²) in [7, 11) is 1.94. The maximum atomic E-state index is 6.55. The summed E-state index contributed by atoms with van der Waals surface area (Å²) in [5.74, 6) is 0. The van der Waals surface area contributed by atoms with Gasteiger partial charge in [-0.2, -0.15) is 5.10 Å². The van der Waals surface area contributed by atoms with Crippen LogP contribution in [0.25, 0.3) is 0 Å². The molecule has 18 heavy (non-hydrogen) atoms. The first-order valence-corrected chi connectivity index (χ1v) is 7.39. The molecule has 0 aliphatic carbocycles. The third-order valence-corrected chi connectivity index (χ3v) is 4.71. The van der Waals surface area contributed by atoms with Crippen LogP contribution in [0.5, 0.6) is 0 Å². The van der Waals surface area contributed by atoms with Crippen LogP contribution >= 0.6 is 15.9 Å². The summed E-state index contributed by atoms with van der Waals surface area (Å²) >= 11 is 3.55. The first kappa shape index (κ1) is 15.7. The number of rotatable bonds is 6. The topological polar surface area (TPSA) is 47.1 Å². The van der Waals surface area contributed by atoms with Gasteiger partial charge in [0.25, 0.3) is 0 Å². The Morgan fingerprint density at radius 3 is 2.33 bits per heavy atom. The minimum absolute atomic E-state index is 0.0557. The fourth-order valence-electron chi connectivity index (χ4n) is 2.65. The number of hydrogen-bond donors (Lipinski definition) is 1. The summed E-state index contributed by atoms with van der Waals surface area (Å²) in [6.07, 6.45) is 2.82. The number of halogens is 1. The van der Waals surface area contributed by atoms with Gasteiger partial charge < -0.3 is 5.73 Å². The third kappa shape index (κ3) is 2.63. The smallest absolute Gasteiger partial charge is 0.0709 e.